The molecule has 18 heavy (non-hydrogen) atoms. The largest absolute Gasteiger partial charge is 0.359 e. The number of hydrogen-bond donors (Lipinski definition) is 1. The predicted molar refractivity (Wildman–Crippen MR) is 73.6 cm³/mol. The van der Waals surface area contributed by atoms with Crippen molar-refractivity contribution in [2.24, 2.45) is 12.0 Å². The second-order valence-electron chi connectivity index (χ2n) is 5.21. The molecule has 1 aromatic heterocycles. The van der Waals surface area contributed by atoms with E-state index in [4.69, 9.17) is 0 Å². The van der Waals surface area contributed by atoms with Crippen molar-refractivity contribution in [1.82, 2.24) is 20.1 Å². The first-order valence-electron chi connectivity index (χ1n) is 6.56. The molecule has 98 valence electrons. The van der Waals surface area contributed by atoms with Gasteiger partial charge in [-0.3, -0.25) is 9.67 Å². The lowest BCUT2D eigenvalue weighted by Crippen LogP contribution is -2.45. The molecule has 6 heteroatoms. The molecule has 1 aromatic rings. The van der Waals surface area contributed by atoms with Crippen LogP contribution in [0.5, 0.6) is 0 Å². The topological polar surface area (TPSA) is 55.1 Å². The van der Waals surface area contributed by atoms with Gasteiger partial charge in [-0.25, -0.2) is 4.98 Å². The van der Waals surface area contributed by atoms with Gasteiger partial charge in [0.25, 0.3) is 0 Å². The monoisotopic (exact) mass is 265 g/mol. The average molecular weight is 265 g/mol. The average Bonchev–Trinajstić information content (AvgIpc) is 2.96. The standard InChI is InChI=1S/C12H19N5S/c1-17-9-14-10(16-17)7-13-11-15-12(8-18-11)5-3-2-4-6-12/h9H,2-8H2,1H3,(H,13,15). The second-order valence-corrected chi connectivity index (χ2v) is 6.17. The van der Waals surface area contributed by atoms with Crippen LogP contribution in [0.1, 0.15) is 37.9 Å². The fraction of sp³-hybridized carbons (Fsp3) is 0.750. The number of rotatable bonds is 2. The minimum atomic E-state index is 0.333. The number of amidine groups is 1. The molecule has 1 aliphatic carbocycles. The molecule has 0 radical (unpaired) electrons. The lowest BCUT2D eigenvalue weighted by molar-refractivity contribution is 0.303. The van der Waals surface area contributed by atoms with Gasteiger partial charge in [-0.1, -0.05) is 31.0 Å². The first-order valence-corrected chi connectivity index (χ1v) is 7.54. The van der Waals surface area contributed by atoms with Gasteiger partial charge in [0, 0.05) is 18.3 Å². The van der Waals surface area contributed by atoms with Gasteiger partial charge in [-0.05, 0) is 12.8 Å². The molecule has 0 aromatic carbocycles. The Bertz CT molecular complexity index is 447. The zero-order valence-corrected chi connectivity index (χ0v) is 11.5. The van der Waals surface area contributed by atoms with Crippen LogP contribution < -0.4 is 5.32 Å². The molecule has 1 saturated heterocycles. The van der Waals surface area contributed by atoms with Crippen LogP contribution in [0.3, 0.4) is 0 Å². The van der Waals surface area contributed by atoms with Crippen LogP contribution in [0.15, 0.2) is 11.3 Å². The van der Waals surface area contributed by atoms with Crippen molar-refractivity contribution in [3.63, 3.8) is 0 Å². The summed E-state index contributed by atoms with van der Waals surface area (Å²) in [5.41, 5.74) is 0.333. The predicted octanol–water partition coefficient (Wildman–Crippen LogP) is 1.71. The zero-order valence-electron chi connectivity index (χ0n) is 10.7. The van der Waals surface area contributed by atoms with Crippen LogP contribution in [0.2, 0.25) is 0 Å². The molecule has 2 heterocycles. The number of aryl methyl sites for hydroxylation is 1. The molecule has 2 fully saturated rings. The van der Waals surface area contributed by atoms with E-state index in [-0.39, 0.29) is 0 Å². The summed E-state index contributed by atoms with van der Waals surface area (Å²) < 4.78 is 1.72. The highest BCUT2D eigenvalue weighted by Crippen LogP contribution is 2.36. The van der Waals surface area contributed by atoms with Crippen molar-refractivity contribution in [2.75, 3.05) is 5.75 Å². The van der Waals surface area contributed by atoms with Crippen molar-refractivity contribution in [2.45, 2.75) is 44.2 Å². The van der Waals surface area contributed by atoms with E-state index in [1.54, 1.807) is 11.0 Å². The molecule has 0 atom stereocenters. The van der Waals surface area contributed by atoms with Gasteiger partial charge < -0.3 is 5.32 Å². The van der Waals surface area contributed by atoms with Crippen LogP contribution in [-0.4, -0.2) is 31.2 Å². The molecule has 5 nitrogen and oxygen atoms in total. The molecule has 2 aliphatic rings. The SMILES string of the molecule is Cn1cnc(CN=C2NC3(CCCCC3)CS2)n1. The molecule has 0 amide bonds. The lowest BCUT2D eigenvalue weighted by atomic mass is 9.83. The number of nitrogens with zero attached hydrogens (tertiary/aromatic N) is 4. The summed E-state index contributed by atoms with van der Waals surface area (Å²) in [5.74, 6) is 1.96. The van der Waals surface area contributed by atoms with E-state index in [1.807, 2.05) is 18.8 Å². The first kappa shape index (κ1) is 12.0. The van der Waals surface area contributed by atoms with Gasteiger partial charge in [-0.2, -0.15) is 5.10 Å². The first-order chi connectivity index (χ1) is 8.76. The quantitative estimate of drug-likeness (QED) is 0.884. The third-order valence-electron chi connectivity index (χ3n) is 3.68. The number of aromatic nitrogens is 3. The fourth-order valence-corrected chi connectivity index (χ4v) is 3.91. The van der Waals surface area contributed by atoms with Crippen molar-refractivity contribution in [1.29, 1.82) is 0 Å². The van der Waals surface area contributed by atoms with E-state index >= 15 is 0 Å². The number of nitrogens with one attached hydrogen (secondary N) is 1. The summed E-state index contributed by atoms with van der Waals surface area (Å²) in [6, 6.07) is 0. The summed E-state index contributed by atoms with van der Waals surface area (Å²) in [4.78, 5) is 8.77. The molecule has 0 bridgehead atoms. The summed E-state index contributed by atoms with van der Waals surface area (Å²) in [7, 11) is 1.88. The molecule has 1 aliphatic heterocycles. The Morgan fingerprint density at radius 1 is 1.44 bits per heavy atom. The Kier molecular flexibility index (Phi) is 3.28. The number of hydrogen-bond acceptors (Lipinski definition) is 4. The van der Waals surface area contributed by atoms with Gasteiger partial charge in [-0.15, -0.1) is 0 Å². The maximum absolute atomic E-state index is 4.59. The number of thioether (sulfide) groups is 1. The molecule has 1 saturated carbocycles. The van der Waals surface area contributed by atoms with Crippen LogP contribution in [-0.2, 0) is 13.6 Å². The van der Waals surface area contributed by atoms with Crippen molar-refractivity contribution >= 4 is 16.9 Å². The normalized spacial score (nSPS) is 24.6. The van der Waals surface area contributed by atoms with Crippen molar-refractivity contribution < 1.29 is 0 Å². The minimum Gasteiger partial charge on any atom is -0.359 e. The Balaban J connectivity index is 1.61. The fourth-order valence-electron chi connectivity index (χ4n) is 2.69. The molecule has 1 spiro atoms. The van der Waals surface area contributed by atoms with E-state index < -0.39 is 0 Å². The van der Waals surface area contributed by atoms with Gasteiger partial charge in [0.2, 0.25) is 0 Å². The minimum absolute atomic E-state index is 0.333. The van der Waals surface area contributed by atoms with Gasteiger partial charge in [0.1, 0.15) is 12.9 Å². The van der Waals surface area contributed by atoms with Gasteiger partial charge in [0.15, 0.2) is 11.0 Å². The maximum Gasteiger partial charge on any atom is 0.172 e. The highest BCUT2D eigenvalue weighted by molar-refractivity contribution is 8.14. The second kappa shape index (κ2) is 4.91. The van der Waals surface area contributed by atoms with E-state index in [9.17, 15) is 0 Å². The van der Waals surface area contributed by atoms with E-state index in [0.717, 1.165) is 11.0 Å². The summed E-state index contributed by atoms with van der Waals surface area (Å²) in [5, 5.41) is 8.94. The molecule has 1 N–H and O–H groups in total. The Hall–Kier alpha value is -1.04. The Labute approximate surface area is 111 Å². The highest BCUT2D eigenvalue weighted by atomic mass is 32.2. The summed E-state index contributed by atoms with van der Waals surface area (Å²) in [6.45, 7) is 0.576. The molecule has 3 rings (SSSR count). The third-order valence-corrected chi connectivity index (χ3v) is 4.88. The summed E-state index contributed by atoms with van der Waals surface area (Å²) >= 11 is 1.85. The van der Waals surface area contributed by atoms with Crippen molar-refractivity contribution in [3.05, 3.63) is 12.2 Å². The van der Waals surface area contributed by atoms with E-state index in [0.29, 0.717) is 12.1 Å². The smallest absolute Gasteiger partial charge is 0.172 e. The highest BCUT2D eigenvalue weighted by Gasteiger charge is 2.37. The summed E-state index contributed by atoms with van der Waals surface area (Å²) in [6.07, 6.45) is 8.39. The van der Waals surface area contributed by atoms with E-state index in [1.165, 1.54) is 37.9 Å². The molecular weight excluding hydrogens is 246 g/mol. The van der Waals surface area contributed by atoms with Crippen molar-refractivity contribution in [3.8, 4) is 0 Å². The third kappa shape index (κ3) is 2.53. The van der Waals surface area contributed by atoms with Crippen LogP contribution in [0.25, 0.3) is 0 Å². The Morgan fingerprint density at radius 2 is 2.28 bits per heavy atom. The zero-order chi connectivity index (χ0) is 12.4. The van der Waals surface area contributed by atoms with Crippen LogP contribution in [0.4, 0.5) is 0 Å². The lowest BCUT2D eigenvalue weighted by Gasteiger charge is -2.32. The van der Waals surface area contributed by atoms with Gasteiger partial charge >= 0.3 is 0 Å². The van der Waals surface area contributed by atoms with Crippen LogP contribution >= 0.6 is 11.8 Å². The Morgan fingerprint density at radius 3 is 3.00 bits per heavy atom. The number of aliphatic imine (C=N–C) groups is 1. The maximum atomic E-state index is 4.59. The van der Waals surface area contributed by atoms with Crippen LogP contribution in [0, 0.1) is 0 Å². The molecule has 0 unspecified atom stereocenters. The van der Waals surface area contributed by atoms with Gasteiger partial charge in [0.05, 0.1) is 0 Å². The van der Waals surface area contributed by atoms with E-state index in [2.05, 4.69) is 20.4 Å². The molecular formula is C12H19N5S.